The molecule has 132 valence electrons. The summed E-state index contributed by atoms with van der Waals surface area (Å²) in [5, 5.41) is 0. The first kappa shape index (κ1) is 17.5. The number of ether oxygens (including phenoxy) is 2. The summed E-state index contributed by atoms with van der Waals surface area (Å²) in [6.07, 6.45) is 2.68. The molecule has 0 radical (unpaired) electrons. The van der Waals surface area contributed by atoms with Gasteiger partial charge in [-0.15, -0.1) is 0 Å². The monoisotopic (exact) mass is 339 g/mol. The van der Waals surface area contributed by atoms with Crippen LogP contribution in [0, 0.1) is 5.92 Å². The molecule has 3 rings (SSSR count). The highest BCUT2D eigenvalue weighted by atomic mass is 16.5. The molecule has 0 aliphatic carbocycles. The number of rotatable bonds is 8. The maximum Gasteiger partial charge on any atom is 0.230 e. The van der Waals surface area contributed by atoms with Crippen molar-refractivity contribution in [1.82, 2.24) is 0 Å². The first-order chi connectivity index (χ1) is 12.3. The third-order valence-corrected chi connectivity index (χ3v) is 4.65. The Balaban J connectivity index is 1.45. The molecular formula is C21H25NO3. The zero-order valence-electron chi connectivity index (χ0n) is 14.7. The van der Waals surface area contributed by atoms with Gasteiger partial charge in [0.15, 0.2) is 0 Å². The third kappa shape index (κ3) is 4.40. The van der Waals surface area contributed by atoms with Crippen molar-refractivity contribution in [3.8, 4) is 5.75 Å². The largest absolute Gasteiger partial charge is 0.495 e. The number of carbonyl (C=O) groups excluding carboxylic acids is 1. The number of nitrogens with zero attached hydrogens (tertiary/aromatic N) is 1. The summed E-state index contributed by atoms with van der Waals surface area (Å²) in [7, 11) is 1.64. The smallest absolute Gasteiger partial charge is 0.230 e. The number of anilines is 1. The lowest BCUT2D eigenvalue weighted by atomic mass is 10.0. The van der Waals surface area contributed by atoms with E-state index < -0.39 is 0 Å². The van der Waals surface area contributed by atoms with Crippen LogP contribution in [-0.2, 0) is 16.1 Å². The van der Waals surface area contributed by atoms with Crippen LogP contribution in [-0.4, -0.2) is 26.2 Å². The fourth-order valence-corrected chi connectivity index (χ4v) is 3.29. The maximum absolute atomic E-state index is 12.7. The van der Waals surface area contributed by atoms with Crippen LogP contribution < -0.4 is 9.64 Å². The summed E-state index contributed by atoms with van der Waals surface area (Å²) in [4.78, 5) is 14.5. The Bertz CT molecular complexity index is 687. The van der Waals surface area contributed by atoms with Crippen molar-refractivity contribution in [2.45, 2.75) is 25.9 Å². The fraction of sp³-hybridized carbons (Fsp3) is 0.381. The molecule has 0 spiro atoms. The van der Waals surface area contributed by atoms with Gasteiger partial charge >= 0.3 is 0 Å². The predicted molar refractivity (Wildman–Crippen MR) is 98.8 cm³/mol. The lowest BCUT2D eigenvalue weighted by Crippen LogP contribution is -2.27. The molecule has 25 heavy (non-hydrogen) atoms. The van der Waals surface area contributed by atoms with Crippen LogP contribution in [0.3, 0.4) is 0 Å². The lowest BCUT2D eigenvalue weighted by Gasteiger charge is -2.19. The lowest BCUT2D eigenvalue weighted by molar-refractivity contribution is -0.120. The molecule has 0 saturated carbocycles. The van der Waals surface area contributed by atoms with Crippen LogP contribution in [0.15, 0.2) is 54.6 Å². The highest BCUT2D eigenvalue weighted by molar-refractivity contribution is 5.98. The van der Waals surface area contributed by atoms with Crippen LogP contribution in [0.25, 0.3) is 0 Å². The minimum atomic E-state index is 0.0882. The molecule has 4 heteroatoms. The number of para-hydroxylation sites is 2. The van der Waals surface area contributed by atoms with Gasteiger partial charge in [0.1, 0.15) is 5.75 Å². The van der Waals surface area contributed by atoms with Crippen LogP contribution in [0.1, 0.15) is 24.8 Å². The Morgan fingerprint density at radius 1 is 1.08 bits per heavy atom. The van der Waals surface area contributed by atoms with Gasteiger partial charge in [0.2, 0.25) is 5.91 Å². The predicted octanol–water partition coefficient (Wildman–Crippen LogP) is 4.05. The van der Waals surface area contributed by atoms with E-state index in [4.69, 9.17) is 9.47 Å². The van der Waals surface area contributed by atoms with Crippen LogP contribution in [0.2, 0.25) is 0 Å². The number of hydrogen-bond acceptors (Lipinski definition) is 3. The van der Waals surface area contributed by atoms with Crippen molar-refractivity contribution in [2.75, 3.05) is 25.2 Å². The number of amides is 1. The van der Waals surface area contributed by atoms with Crippen molar-refractivity contribution >= 4 is 11.6 Å². The normalized spacial score (nSPS) is 17.1. The Labute approximate surface area is 149 Å². The van der Waals surface area contributed by atoms with Crippen LogP contribution >= 0.6 is 0 Å². The van der Waals surface area contributed by atoms with Crippen molar-refractivity contribution in [1.29, 1.82) is 0 Å². The van der Waals surface area contributed by atoms with Crippen molar-refractivity contribution in [3.05, 3.63) is 60.2 Å². The topological polar surface area (TPSA) is 38.8 Å². The van der Waals surface area contributed by atoms with Gasteiger partial charge in [-0.25, -0.2) is 0 Å². The van der Waals surface area contributed by atoms with E-state index in [1.165, 1.54) is 5.56 Å². The molecular weight excluding hydrogens is 314 g/mol. The molecule has 1 fully saturated rings. The van der Waals surface area contributed by atoms with Crippen LogP contribution in [0.5, 0.6) is 5.75 Å². The summed E-state index contributed by atoms with van der Waals surface area (Å²) in [5.74, 6) is 1.04. The number of hydrogen-bond donors (Lipinski definition) is 0. The zero-order chi connectivity index (χ0) is 17.5. The minimum Gasteiger partial charge on any atom is -0.495 e. The Morgan fingerprint density at radius 3 is 2.64 bits per heavy atom. The van der Waals surface area contributed by atoms with Gasteiger partial charge in [-0.2, -0.15) is 0 Å². The molecule has 0 aromatic heterocycles. The molecule has 1 saturated heterocycles. The van der Waals surface area contributed by atoms with E-state index in [1.54, 1.807) is 7.11 Å². The molecule has 1 atom stereocenters. The van der Waals surface area contributed by atoms with E-state index in [2.05, 4.69) is 12.1 Å². The standard InChI is InChI=1S/C21H25NO3/c1-24-20-12-6-5-11-19(20)22-14-13-18(21(22)23)10-7-15-25-16-17-8-3-2-4-9-17/h2-6,8-9,11-12,18H,7,10,13-16H2,1H3. The Morgan fingerprint density at radius 2 is 1.84 bits per heavy atom. The van der Waals surface area contributed by atoms with Gasteiger partial charge < -0.3 is 14.4 Å². The quantitative estimate of drug-likeness (QED) is 0.681. The van der Waals surface area contributed by atoms with Crippen molar-refractivity contribution in [2.24, 2.45) is 5.92 Å². The number of carbonyl (C=O) groups is 1. The van der Waals surface area contributed by atoms with E-state index >= 15 is 0 Å². The third-order valence-electron chi connectivity index (χ3n) is 4.65. The summed E-state index contributed by atoms with van der Waals surface area (Å²) in [5.41, 5.74) is 2.06. The van der Waals surface area contributed by atoms with Crippen molar-refractivity contribution < 1.29 is 14.3 Å². The highest BCUT2D eigenvalue weighted by Crippen LogP contribution is 2.34. The van der Waals surface area contributed by atoms with Gasteiger partial charge in [0.05, 0.1) is 19.4 Å². The first-order valence-electron chi connectivity index (χ1n) is 8.85. The summed E-state index contributed by atoms with van der Waals surface area (Å²) >= 11 is 0. The minimum absolute atomic E-state index is 0.0882. The maximum atomic E-state index is 12.7. The molecule has 0 N–H and O–H groups in total. The zero-order valence-corrected chi connectivity index (χ0v) is 14.7. The molecule has 2 aromatic carbocycles. The van der Waals surface area contributed by atoms with Crippen molar-refractivity contribution in [3.63, 3.8) is 0 Å². The van der Waals surface area contributed by atoms with Crippen LogP contribution in [0.4, 0.5) is 5.69 Å². The second-order valence-corrected chi connectivity index (χ2v) is 6.33. The second kappa shape index (κ2) is 8.67. The Kier molecular flexibility index (Phi) is 6.07. The van der Waals surface area contributed by atoms with E-state index in [0.29, 0.717) is 13.2 Å². The van der Waals surface area contributed by atoms with E-state index in [0.717, 1.165) is 37.2 Å². The average molecular weight is 339 g/mol. The van der Waals surface area contributed by atoms with E-state index in [-0.39, 0.29) is 11.8 Å². The highest BCUT2D eigenvalue weighted by Gasteiger charge is 2.33. The summed E-state index contributed by atoms with van der Waals surface area (Å²) in [6.45, 7) is 2.08. The molecule has 1 amide bonds. The summed E-state index contributed by atoms with van der Waals surface area (Å²) in [6, 6.07) is 17.9. The molecule has 4 nitrogen and oxygen atoms in total. The Hall–Kier alpha value is -2.33. The molecule has 2 aromatic rings. The SMILES string of the molecule is COc1ccccc1N1CCC(CCCOCc2ccccc2)C1=O. The van der Waals surface area contributed by atoms with Gasteiger partial charge in [0.25, 0.3) is 0 Å². The average Bonchev–Trinajstić information content (AvgIpc) is 3.03. The van der Waals surface area contributed by atoms with Gasteiger partial charge in [-0.1, -0.05) is 42.5 Å². The fourth-order valence-electron chi connectivity index (χ4n) is 3.29. The second-order valence-electron chi connectivity index (χ2n) is 6.33. The molecule has 1 unspecified atom stereocenters. The van der Waals surface area contributed by atoms with E-state index in [1.807, 2.05) is 47.4 Å². The number of benzene rings is 2. The van der Waals surface area contributed by atoms with Gasteiger partial charge in [-0.3, -0.25) is 4.79 Å². The van der Waals surface area contributed by atoms with Gasteiger partial charge in [-0.05, 0) is 37.0 Å². The molecule has 1 heterocycles. The first-order valence-corrected chi connectivity index (χ1v) is 8.85. The molecule has 0 bridgehead atoms. The molecule has 1 aliphatic rings. The number of methoxy groups -OCH3 is 1. The summed E-state index contributed by atoms with van der Waals surface area (Å²) < 4.78 is 11.1. The molecule has 1 aliphatic heterocycles. The van der Waals surface area contributed by atoms with E-state index in [9.17, 15) is 4.79 Å². The van der Waals surface area contributed by atoms with Gasteiger partial charge in [0, 0.05) is 19.1 Å².